The van der Waals surface area contributed by atoms with Crippen molar-refractivity contribution in [2.24, 2.45) is 0 Å². The van der Waals surface area contributed by atoms with Crippen LogP contribution in [0, 0.1) is 6.92 Å². The van der Waals surface area contributed by atoms with Crippen molar-refractivity contribution < 1.29 is 9.84 Å². The second-order valence-corrected chi connectivity index (χ2v) is 6.14. The normalized spacial score (nSPS) is 11.3. The molecule has 0 fully saturated rings. The second kappa shape index (κ2) is 5.42. The third-order valence-corrected chi connectivity index (χ3v) is 4.49. The molecule has 0 unspecified atom stereocenters. The summed E-state index contributed by atoms with van der Waals surface area (Å²) in [5.41, 5.74) is 4.68. The second-order valence-electron chi connectivity index (χ2n) is 5.71. The Morgan fingerprint density at radius 3 is 2.67 bits per heavy atom. The number of aryl methyl sites for hydroxylation is 1. The molecular formula is C19H15ClN2O2. The van der Waals surface area contributed by atoms with Crippen LogP contribution in [0.15, 0.2) is 42.6 Å². The molecule has 2 aromatic carbocycles. The zero-order valence-electron chi connectivity index (χ0n) is 13.2. The molecule has 2 N–H and O–H groups in total. The van der Waals surface area contributed by atoms with Gasteiger partial charge in [-0.15, -0.1) is 0 Å². The number of hydrogen-bond donors (Lipinski definition) is 2. The average Bonchev–Trinajstić information content (AvgIpc) is 2.94. The highest BCUT2D eigenvalue weighted by atomic mass is 35.5. The Bertz CT molecular complexity index is 1090. The van der Waals surface area contributed by atoms with Crippen LogP contribution in [0.4, 0.5) is 0 Å². The highest BCUT2D eigenvalue weighted by Crippen LogP contribution is 2.38. The van der Waals surface area contributed by atoms with E-state index in [9.17, 15) is 5.11 Å². The number of hydrogen-bond acceptors (Lipinski definition) is 3. The molecule has 0 aliphatic carbocycles. The molecule has 2 heterocycles. The maximum atomic E-state index is 10.1. The molecule has 0 saturated heterocycles. The molecule has 0 aliphatic heterocycles. The molecule has 0 aliphatic rings. The van der Waals surface area contributed by atoms with Crippen molar-refractivity contribution in [2.75, 3.05) is 7.11 Å². The van der Waals surface area contributed by atoms with Gasteiger partial charge < -0.3 is 14.8 Å². The van der Waals surface area contributed by atoms with Gasteiger partial charge in [0.05, 0.1) is 23.8 Å². The number of methoxy groups -OCH3 is 1. The van der Waals surface area contributed by atoms with Crippen molar-refractivity contribution in [1.82, 2.24) is 9.97 Å². The van der Waals surface area contributed by atoms with Gasteiger partial charge in [0.15, 0.2) is 11.5 Å². The fraction of sp³-hybridized carbons (Fsp3) is 0.105. The molecule has 0 atom stereocenters. The van der Waals surface area contributed by atoms with E-state index in [-0.39, 0.29) is 5.75 Å². The summed E-state index contributed by atoms with van der Waals surface area (Å²) in [6, 6.07) is 11.1. The summed E-state index contributed by atoms with van der Waals surface area (Å²) in [7, 11) is 1.53. The first-order valence-electron chi connectivity index (χ1n) is 7.52. The van der Waals surface area contributed by atoms with E-state index in [0.717, 1.165) is 38.6 Å². The van der Waals surface area contributed by atoms with Gasteiger partial charge in [0.25, 0.3) is 0 Å². The minimum absolute atomic E-state index is 0.0945. The van der Waals surface area contributed by atoms with Crippen molar-refractivity contribution in [3.63, 3.8) is 0 Å². The molecule has 0 bridgehead atoms. The molecule has 2 aromatic heterocycles. The van der Waals surface area contributed by atoms with Gasteiger partial charge in [-0.25, -0.2) is 0 Å². The molecule has 4 nitrogen and oxygen atoms in total. The highest BCUT2D eigenvalue weighted by Gasteiger charge is 2.14. The summed E-state index contributed by atoms with van der Waals surface area (Å²) in [5, 5.41) is 12.9. The van der Waals surface area contributed by atoms with Crippen LogP contribution in [0.25, 0.3) is 32.9 Å². The van der Waals surface area contributed by atoms with E-state index in [1.807, 2.05) is 31.2 Å². The number of halogens is 1. The van der Waals surface area contributed by atoms with Crippen molar-refractivity contribution in [3.05, 3.63) is 53.3 Å². The van der Waals surface area contributed by atoms with Crippen LogP contribution >= 0.6 is 11.6 Å². The van der Waals surface area contributed by atoms with E-state index in [4.69, 9.17) is 16.3 Å². The van der Waals surface area contributed by atoms with Gasteiger partial charge in [0.1, 0.15) is 0 Å². The maximum Gasteiger partial charge on any atom is 0.160 e. The third kappa shape index (κ3) is 2.19. The zero-order valence-corrected chi connectivity index (χ0v) is 14.0. The standard InChI is InChI=1S/C19H15ClN2O2/c1-10-18-13(5-6-21-10)15-9-12(20)8-14(19(15)22-18)11-3-4-17(24-2)16(23)7-11/h3-9,22-23H,1-2H3. The fourth-order valence-electron chi connectivity index (χ4n) is 3.11. The number of phenols is 1. The van der Waals surface area contributed by atoms with Crippen LogP contribution in [-0.2, 0) is 0 Å². The first kappa shape index (κ1) is 14.8. The van der Waals surface area contributed by atoms with Gasteiger partial charge in [-0.3, -0.25) is 4.98 Å². The number of pyridine rings is 1. The third-order valence-electron chi connectivity index (χ3n) is 4.27. The van der Waals surface area contributed by atoms with Gasteiger partial charge in [-0.1, -0.05) is 17.7 Å². The van der Waals surface area contributed by atoms with Crippen LogP contribution in [-0.4, -0.2) is 22.2 Å². The van der Waals surface area contributed by atoms with Gasteiger partial charge in [0.2, 0.25) is 0 Å². The monoisotopic (exact) mass is 338 g/mol. The predicted octanol–water partition coefficient (Wildman–Crippen LogP) is 5.06. The smallest absolute Gasteiger partial charge is 0.160 e. The number of benzene rings is 2. The van der Waals surface area contributed by atoms with E-state index in [0.29, 0.717) is 10.8 Å². The van der Waals surface area contributed by atoms with Crippen molar-refractivity contribution in [2.45, 2.75) is 6.92 Å². The van der Waals surface area contributed by atoms with Gasteiger partial charge in [-0.05, 0) is 42.8 Å². The summed E-state index contributed by atoms with van der Waals surface area (Å²) in [5.74, 6) is 0.533. The Morgan fingerprint density at radius 2 is 1.92 bits per heavy atom. The number of nitrogens with zero attached hydrogens (tertiary/aromatic N) is 1. The highest BCUT2D eigenvalue weighted by molar-refractivity contribution is 6.32. The number of rotatable bonds is 2. The Balaban J connectivity index is 2.07. The van der Waals surface area contributed by atoms with Crippen LogP contribution in [0.5, 0.6) is 11.5 Å². The minimum Gasteiger partial charge on any atom is -0.504 e. The SMILES string of the molecule is COc1ccc(-c2cc(Cl)cc3c2[nH]c2c(C)nccc23)cc1O. The van der Waals surface area contributed by atoms with Crippen LogP contribution in [0.1, 0.15) is 5.69 Å². The lowest BCUT2D eigenvalue weighted by molar-refractivity contribution is 0.373. The lowest BCUT2D eigenvalue weighted by Gasteiger charge is -2.08. The number of aromatic amines is 1. The molecule has 0 radical (unpaired) electrons. The lowest BCUT2D eigenvalue weighted by atomic mass is 10.0. The van der Waals surface area contributed by atoms with E-state index >= 15 is 0 Å². The van der Waals surface area contributed by atoms with Gasteiger partial charge in [0, 0.05) is 27.6 Å². The first-order chi connectivity index (χ1) is 11.6. The number of aromatic nitrogens is 2. The molecule has 0 spiro atoms. The van der Waals surface area contributed by atoms with Crippen LogP contribution in [0.3, 0.4) is 0 Å². The van der Waals surface area contributed by atoms with E-state index in [1.54, 1.807) is 18.3 Å². The molecule has 4 rings (SSSR count). The van der Waals surface area contributed by atoms with Crippen molar-refractivity contribution in [3.8, 4) is 22.6 Å². The number of phenolic OH excluding ortho intramolecular Hbond substituents is 1. The summed E-state index contributed by atoms with van der Waals surface area (Å²) in [6.07, 6.45) is 1.80. The topological polar surface area (TPSA) is 58.1 Å². The summed E-state index contributed by atoms with van der Waals surface area (Å²) in [4.78, 5) is 7.80. The zero-order chi connectivity index (χ0) is 16.8. The number of ether oxygens (including phenoxy) is 1. The van der Waals surface area contributed by atoms with Gasteiger partial charge in [-0.2, -0.15) is 0 Å². The average molecular weight is 339 g/mol. The number of nitrogens with one attached hydrogen (secondary N) is 1. The summed E-state index contributed by atoms with van der Waals surface area (Å²) < 4.78 is 5.12. The maximum absolute atomic E-state index is 10.1. The number of H-pyrrole nitrogens is 1. The van der Waals surface area contributed by atoms with E-state index in [2.05, 4.69) is 9.97 Å². The van der Waals surface area contributed by atoms with Crippen LogP contribution in [0.2, 0.25) is 5.02 Å². The lowest BCUT2D eigenvalue weighted by Crippen LogP contribution is -1.86. The number of aromatic hydroxyl groups is 1. The molecule has 4 aromatic rings. The van der Waals surface area contributed by atoms with E-state index in [1.165, 1.54) is 7.11 Å². The predicted molar refractivity (Wildman–Crippen MR) is 97.0 cm³/mol. The number of fused-ring (bicyclic) bond motifs is 3. The molecule has 24 heavy (non-hydrogen) atoms. The van der Waals surface area contributed by atoms with Crippen molar-refractivity contribution >= 4 is 33.4 Å². The van der Waals surface area contributed by atoms with Crippen molar-refractivity contribution in [1.29, 1.82) is 0 Å². The molecule has 0 amide bonds. The molecule has 0 saturated carbocycles. The van der Waals surface area contributed by atoms with E-state index < -0.39 is 0 Å². The fourth-order valence-corrected chi connectivity index (χ4v) is 3.33. The Labute approximate surface area is 143 Å². The van der Waals surface area contributed by atoms with Crippen LogP contribution < -0.4 is 4.74 Å². The molecule has 5 heteroatoms. The first-order valence-corrected chi connectivity index (χ1v) is 7.90. The Morgan fingerprint density at radius 1 is 1.08 bits per heavy atom. The quantitative estimate of drug-likeness (QED) is 0.537. The summed E-state index contributed by atoms with van der Waals surface area (Å²) in [6.45, 7) is 1.97. The largest absolute Gasteiger partial charge is 0.504 e. The summed E-state index contributed by atoms with van der Waals surface area (Å²) >= 11 is 6.35. The van der Waals surface area contributed by atoms with Gasteiger partial charge >= 0.3 is 0 Å². The Kier molecular flexibility index (Phi) is 3.36. The molecular weight excluding hydrogens is 324 g/mol. The minimum atomic E-state index is 0.0945. The Hall–Kier alpha value is -2.72. The molecule has 120 valence electrons.